The average molecular weight is 887 g/mol. The van der Waals surface area contributed by atoms with Crippen molar-refractivity contribution < 1.29 is 43.0 Å². The highest BCUT2D eigenvalue weighted by molar-refractivity contribution is 5.79. The van der Waals surface area contributed by atoms with E-state index >= 15 is 0 Å². The van der Waals surface area contributed by atoms with Gasteiger partial charge in [0.1, 0.15) is 12.2 Å². The molecule has 0 spiro atoms. The molecule has 15 nitrogen and oxygen atoms in total. The molecule has 0 aliphatic carbocycles. The van der Waals surface area contributed by atoms with Gasteiger partial charge in [0.25, 0.3) is 0 Å². The fraction of sp³-hybridized carbons (Fsp3) is 0.729. The lowest BCUT2D eigenvalue weighted by atomic mass is 9.98. The molecule has 0 saturated carbocycles. The summed E-state index contributed by atoms with van der Waals surface area (Å²) in [6.07, 6.45) is 3.46. The largest absolute Gasteiger partial charge is 0.461 e. The van der Waals surface area contributed by atoms with Gasteiger partial charge in [0.15, 0.2) is 0 Å². The lowest BCUT2D eigenvalue weighted by Gasteiger charge is -2.24. The van der Waals surface area contributed by atoms with Crippen molar-refractivity contribution in [2.24, 2.45) is 17.8 Å². The van der Waals surface area contributed by atoms with Crippen LogP contribution in [0.25, 0.3) is 0 Å². The Labute approximate surface area is 377 Å². The SMILES string of the molecule is CC(C)[C@@H](CCC(=O)N[C@@H](C)CCC(=O)N[C@H](CCC(=O)OCc1ccccc1)C(C)C)NC(=O)CC[C@H](C)NC(=O)CC[C@@H](NC(=O)CC[C@H](C)NC(=O)OC(C)(C)C)C(C)C. The molecule has 358 valence electrons. The molecule has 6 atom stereocenters. The molecule has 0 unspecified atom stereocenters. The van der Waals surface area contributed by atoms with Crippen molar-refractivity contribution in [1.82, 2.24) is 31.9 Å². The number of hydrogen-bond acceptors (Lipinski definition) is 9. The third-order valence-electron chi connectivity index (χ3n) is 10.7. The monoisotopic (exact) mass is 887 g/mol. The van der Waals surface area contributed by atoms with Crippen LogP contribution in [0.2, 0.25) is 0 Å². The second-order valence-corrected chi connectivity index (χ2v) is 19.1. The van der Waals surface area contributed by atoms with Gasteiger partial charge >= 0.3 is 12.1 Å². The van der Waals surface area contributed by atoms with Gasteiger partial charge in [-0.05, 0) is 103 Å². The van der Waals surface area contributed by atoms with Gasteiger partial charge in [0.2, 0.25) is 29.5 Å². The molecule has 15 heteroatoms. The highest BCUT2D eigenvalue weighted by Crippen LogP contribution is 2.15. The molecular weight excluding hydrogens is 805 g/mol. The smallest absolute Gasteiger partial charge is 0.407 e. The minimum absolute atomic E-state index is 0.0892. The summed E-state index contributed by atoms with van der Waals surface area (Å²) in [5.41, 5.74) is 0.308. The van der Waals surface area contributed by atoms with Crippen LogP contribution in [-0.4, -0.2) is 83.5 Å². The predicted octanol–water partition coefficient (Wildman–Crippen LogP) is 6.76. The number of alkyl carbamates (subject to hydrolysis) is 1. The third-order valence-corrected chi connectivity index (χ3v) is 10.7. The third kappa shape index (κ3) is 27.9. The Bertz CT molecular complexity index is 1560. The number of esters is 1. The molecule has 0 radical (unpaired) electrons. The van der Waals surface area contributed by atoms with E-state index in [0.29, 0.717) is 38.5 Å². The van der Waals surface area contributed by atoms with E-state index in [2.05, 4.69) is 31.9 Å². The first kappa shape index (κ1) is 56.3. The standard InChI is InChI=1S/C48H82N6O9/c1-31(2)38(21-27-41(55)50-35(8)19-25-44(58)54-40(33(5)6)23-29-46(60)62-30-37-16-14-13-15-17-37)52-43(57)24-18-34(7)49-42(56)28-22-39(32(3)4)53-45(59)26-20-36(9)51-47(61)63-48(10,11)12/h13-17,31-36,38-40H,18-30H2,1-12H3,(H,49,56)(H,50,55)(H,51,61)(H,52,57)(H,53,59)(H,54,58)/t34-,35-,36-,38+,39+,40+/m0/s1. The summed E-state index contributed by atoms with van der Waals surface area (Å²) in [7, 11) is 0. The molecule has 1 aromatic carbocycles. The summed E-state index contributed by atoms with van der Waals surface area (Å²) in [6.45, 7) is 23.0. The van der Waals surface area contributed by atoms with Gasteiger partial charge in [0, 0.05) is 74.8 Å². The summed E-state index contributed by atoms with van der Waals surface area (Å²) in [5.74, 6) is -0.755. The second-order valence-electron chi connectivity index (χ2n) is 19.1. The molecule has 6 amide bonds. The maximum Gasteiger partial charge on any atom is 0.407 e. The van der Waals surface area contributed by atoms with Gasteiger partial charge in [-0.1, -0.05) is 71.9 Å². The van der Waals surface area contributed by atoms with Crippen molar-refractivity contribution in [3.8, 4) is 0 Å². The number of hydrogen-bond donors (Lipinski definition) is 6. The molecule has 0 aliphatic heterocycles. The van der Waals surface area contributed by atoms with Crippen molar-refractivity contribution >= 4 is 41.6 Å². The molecule has 1 rings (SSSR count). The number of carbonyl (C=O) groups is 7. The maximum absolute atomic E-state index is 12.9. The fourth-order valence-electron chi connectivity index (χ4n) is 6.67. The highest BCUT2D eigenvalue weighted by atomic mass is 16.6. The summed E-state index contributed by atoms with van der Waals surface area (Å²) in [6, 6.07) is 8.15. The van der Waals surface area contributed by atoms with E-state index in [4.69, 9.17) is 9.47 Å². The molecular formula is C48H82N6O9. The number of carbonyl (C=O) groups excluding carboxylic acids is 7. The first-order chi connectivity index (χ1) is 29.4. The molecule has 1 aromatic rings. The molecule has 0 aromatic heterocycles. The van der Waals surface area contributed by atoms with E-state index in [-0.39, 0.29) is 135 Å². The topological polar surface area (TPSA) is 210 Å². The Morgan fingerprint density at radius 3 is 1.16 bits per heavy atom. The number of nitrogens with one attached hydrogen (secondary N) is 6. The minimum Gasteiger partial charge on any atom is -0.461 e. The van der Waals surface area contributed by atoms with Gasteiger partial charge in [-0.2, -0.15) is 0 Å². The van der Waals surface area contributed by atoms with E-state index in [9.17, 15) is 33.6 Å². The number of rotatable bonds is 29. The van der Waals surface area contributed by atoms with Crippen LogP contribution >= 0.6 is 0 Å². The average Bonchev–Trinajstić information content (AvgIpc) is 3.18. The van der Waals surface area contributed by atoms with Gasteiger partial charge < -0.3 is 41.4 Å². The van der Waals surface area contributed by atoms with Crippen LogP contribution in [0.15, 0.2) is 30.3 Å². The molecule has 0 heterocycles. The van der Waals surface area contributed by atoms with Gasteiger partial charge in [-0.15, -0.1) is 0 Å². The number of benzene rings is 1. The summed E-state index contributed by atoms with van der Waals surface area (Å²) in [4.78, 5) is 88.4. The fourth-order valence-corrected chi connectivity index (χ4v) is 6.67. The molecule has 0 fully saturated rings. The normalized spacial score (nSPS) is 14.4. The Morgan fingerprint density at radius 1 is 0.460 bits per heavy atom. The van der Waals surface area contributed by atoms with Crippen molar-refractivity contribution in [1.29, 1.82) is 0 Å². The minimum atomic E-state index is -0.609. The molecule has 0 saturated heterocycles. The second kappa shape index (κ2) is 29.6. The molecule has 0 bridgehead atoms. The van der Waals surface area contributed by atoms with Crippen molar-refractivity contribution in [3.63, 3.8) is 0 Å². The lowest BCUT2D eigenvalue weighted by molar-refractivity contribution is -0.145. The Hall–Kier alpha value is -4.69. The highest BCUT2D eigenvalue weighted by Gasteiger charge is 2.23. The van der Waals surface area contributed by atoms with Crippen LogP contribution in [0, 0.1) is 17.8 Å². The van der Waals surface area contributed by atoms with Gasteiger partial charge in [0.05, 0.1) is 0 Å². The van der Waals surface area contributed by atoms with Crippen molar-refractivity contribution in [3.05, 3.63) is 35.9 Å². The van der Waals surface area contributed by atoms with E-state index in [1.165, 1.54) is 0 Å². The van der Waals surface area contributed by atoms with Crippen LogP contribution in [0.3, 0.4) is 0 Å². The Balaban J connectivity index is 2.40. The summed E-state index contributed by atoms with van der Waals surface area (Å²) < 4.78 is 10.7. The van der Waals surface area contributed by atoms with Crippen LogP contribution < -0.4 is 31.9 Å². The van der Waals surface area contributed by atoms with Gasteiger partial charge in [-0.25, -0.2) is 4.79 Å². The van der Waals surface area contributed by atoms with Crippen molar-refractivity contribution in [2.45, 2.75) is 209 Å². The van der Waals surface area contributed by atoms with Gasteiger partial charge in [-0.3, -0.25) is 28.8 Å². The Kier molecular flexibility index (Phi) is 26.5. The van der Waals surface area contributed by atoms with Crippen LogP contribution in [0.1, 0.15) is 166 Å². The summed E-state index contributed by atoms with van der Waals surface area (Å²) in [5, 5.41) is 17.8. The van der Waals surface area contributed by atoms with Crippen LogP contribution in [-0.2, 0) is 44.8 Å². The summed E-state index contributed by atoms with van der Waals surface area (Å²) >= 11 is 0. The zero-order valence-electron chi connectivity index (χ0n) is 40.4. The van der Waals surface area contributed by atoms with Crippen molar-refractivity contribution in [2.75, 3.05) is 0 Å². The van der Waals surface area contributed by atoms with E-state index < -0.39 is 11.7 Å². The molecule has 0 aliphatic rings. The first-order valence-corrected chi connectivity index (χ1v) is 23.1. The maximum atomic E-state index is 12.9. The van der Waals surface area contributed by atoms with Crippen LogP contribution in [0.5, 0.6) is 0 Å². The quantitative estimate of drug-likeness (QED) is 0.0469. The van der Waals surface area contributed by atoms with E-state index in [1.54, 1.807) is 20.8 Å². The zero-order chi connectivity index (χ0) is 47.7. The number of ether oxygens (including phenoxy) is 2. The van der Waals surface area contributed by atoms with E-state index in [1.807, 2.05) is 92.6 Å². The predicted molar refractivity (Wildman–Crippen MR) is 246 cm³/mol. The number of amides is 6. The lowest BCUT2D eigenvalue weighted by Crippen LogP contribution is -2.42. The van der Waals surface area contributed by atoms with E-state index in [0.717, 1.165) is 5.56 Å². The Morgan fingerprint density at radius 2 is 0.794 bits per heavy atom. The van der Waals surface area contributed by atoms with Crippen LogP contribution in [0.4, 0.5) is 4.79 Å². The zero-order valence-corrected chi connectivity index (χ0v) is 40.4. The molecule has 63 heavy (non-hydrogen) atoms. The molecule has 6 N–H and O–H groups in total. The first-order valence-electron chi connectivity index (χ1n) is 23.1.